The second-order valence-electron chi connectivity index (χ2n) is 5.42. The Bertz CT molecular complexity index is 996. The van der Waals surface area contributed by atoms with Gasteiger partial charge in [-0.3, -0.25) is 4.79 Å². The van der Waals surface area contributed by atoms with Gasteiger partial charge in [0, 0.05) is 17.8 Å². The molecule has 3 rings (SSSR count). The summed E-state index contributed by atoms with van der Waals surface area (Å²) in [7, 11) is 0. The van der Waals surface area contributed by atoms with Crippen LogP contribution in [0.3, 0.4) is 0 Å². The molecule has 5 heteroatoms. The van der Waals surface area contributed by atoms with Gasteiger partial charge < -0.3 is 14.6 Å². The van der Waals surface area contributed by atoms with Gasteiger partial charge in [-0.05, 0) is 42.7 Å². The molecule has 1 atom stereocenters. The van der Waals surface area contributed by atoms with Crippen molar-refractivity contribution in [1.29, 1.82) is 0 Å². The molecule has 0 saturated heterocycles. The second kappa shape index (κ2) is 7.04. The molecule has 2 N–H and O–H groups in total. The highest BCUT2D eigenvalue weighted by molar-refractivity contribution is 5.42. The highest BCUT2D eigenvalue weighted by Gasteiger charge is 2.20. The lowest BCUT2D eigenvalue weighted by atomic mass is 10.0. The van der Waals surface area contributed by atoms with Gasteiger partial charge >= 0.3 is 0 Å². The first-order valence-electron chi connectivity index (χ1n) is 7.59. The fraction of sp³-hybridized carbons (Fsp3) is 0.100. The summed E-state index contributed by atoms with van der Waals surface area (Å²) < 4.78 is 5.30. The number of pyridine rings is 1. The number of hydrogen-bond acceptors (Lipinski definition) is 5. The number of aromatic hydroxyl groups is 1. The number of nitrogens with zero attached hydrogens (tertiary/aromatic N) is 1. The van der Waals surface area contributed by atoms with Crippen LogP contribution in [0.4, 0.5) is 0 Å². The summed E-state index contributed by atoms with van der Waals surface area (Å²) in [5.41, 5.74) is 1.30. The summed E-state index contributed by atoms with van der Waals surface area (Å²) in [6.45, 7) is 1.58. The molecular weight excluding hydrogens is 318 g/mol. The Morgan fingerprint density at radius 2 is 1.88 bits per heavy atom. The van der Waals surface area contributed by atoms with Gasteiger partial charge in [-0.1, -0.05) is 24.1 Å². The molecule has 0 fully saturated rings. The predicted molar refractivity (Wildman–Crippen MR) is 92.1 cm³/mol. The molecule has 0 aliphatic carbocycles. The van der Waals surface area contributed by atoms with E-state index >= 15 is 0 Å². The van der Waals surface area contributed by atoms with Crippen LogP contribution in [0, 0.1) is 18.8 Å². The van der Waals surface area contributed by atoms with Crippen molar-refractivity contribution in [2.75, 3.05) is 0 Å². The lowest BCUT2D eigenvalue weighted by molar-refractivity contribution is 0.176. The van der Waals surface area contributed by atoms with Gasteiger partial charge in [0.1, 0.15) is 17.6 Å². The maximum absolute atomic E-state index is 11.6. The minimum atomic E-state index is -1.25. The first kappa shape index (κ1) is 16.5. The Kier molecular flexibility index (Phi) is 4.64. The average Bonchev–Trinajstić information content (AvgIpc) is 2.63. The van der Waals surface area contributed by atoms with E-state index < -0.39 is 17.3 Å². The molecule has 124 valence electrons. The number of aromatic nitrogens is 1. The van der Waals surface area contributed by atoms with Gasteiger partial charge in [0.25, 0.3) is 0 Å². The van der Waals surface area contributed by atoms with Crippen molar-refractivity contribution < 1.29 is 14.6 Å². The molecule has 2 aromatic heterocycles. The Morgan fingerprint density at radius 3 is 2.56 bits per heavy atom. The summed E-state index contributed by atoms with van der Waals surface area (Å²) in [5, 5.41) is 20.2. The molecule has 0 aliphatic heterocycles. The Hall–Kier alpha value is -3.36. The van der Waals surface area contributed by atoms with Crippen LogP contribution < -0.4 is 5.43 Å². The third kappa shape index (κ3) is 3.77. The Balaban J connectivity index is 1.86. The first-order chi connectivity index (χ1) is 12.0. The zero-order chi connectivity index (χ0) is 17.8. The fourth-order valence-corrected chi connectivity index (χ4v) is 2.28. The van der Waals surface area contributed by atoms with E-state index in [0.29, 0.717) is 17.0 Å². The van der Waals surface area contributed by atoms with E-state index in [-0.39, 0.29) is 5.76 Å². The lowest BCUT2D eigenvalue weighted by Gasteiger charge is -2.12. The monoisotopic (exact) mass is 333 g/mol. The highest BCUT2D eigenvalue weighted by atomic mass is 16.4. The van der Waals surface area contributed by atoms with E-state index in [1.54, 1.807) is 37.4 Å². The van der Waals surface area contributed by atoms with Gasteiger partial charge in [0.15, 0.2) is 5.76 Å². The number of aliphatic hydroxyl groups is 1. The van der Waals surface area contributed by atoms with Crippen molar-refractivity contribution in [2.24, 2.45) is 0 Å². The second-order valence-corrected chi connectivity index (χ2v) is 5.42. The third-order valence-corrected chi connectivity index (χ3v) is 3.55. The zero-order valence-corrected chi connectivity index (χ0v) is 13.4. The van der Waals surface area contributed by atoms with Crippen LogP contribution in [0.1, 0.15) is 34.4 Å². The number of aryl methyl sites for hydroxylation is 1. The van der Waals surface area contributed by atoms with Gasteiger partial charge in [-0.15, -0.1) is 0 Å². The Labute approximate surface area is 144 Å². The summed E-state index contributed by atoms with van der Waals surface area (Å²) in [6, 6.07) is 13.5. The van der Waals surface area contributed by atoms with Crippen LogP contribution in [-0.2, 0) is 0 Å². The summed E-state index contributed by atoms with van der Waals surface area (Å²) in [6.07, 6.45) is 0.427. The molecule has 0 saturated carbocycles. The van der Waals surface area contributed by atoms with Crippen LogP contribution in [0.5, 0.6) is 5.75 Å². The molecular formula is C20H15NO4. The van der Waals surface area contributed by atoms with E-state index in [2.05, 4.69) is 16.8 Å². The van der Waals surface area contributed by atoms with E-state index in [1.807, 2.05) is 18.2 Å². The molecule has 0 amide bonds. The van der Waals surface area contributed by atoms with Crippen LogP contribution in [0.2, 0.25) is 0 Å². The summed E-state index contributed by atoms with van der Waals surface area (Å²) >= 11 is 0. The molecule has 25 heavy (non-hydrogen) atoms. The number of hydrogen-bond donors (Lipinski definition) is 2. The van der Waals surface area contributed by atoms with Crippen molar-refractivity contribution in [3.05, 3.63) is 93.3 Å². The van der Waals surface area contributed by atoms with Crippen molar-refractivity contribution in [2.45, 2.75) is 13.0 Å². The smallest absolute Gasteiger partial charge is 0.227 e. The van der Waals surface area contributed by atoms with Crippen LogP contribution >= 0.6 is 0 Å². The van der Waals surface area contributed by atoms with Crippen molar-refractivity contribution in [3.63, 3.8) is 0 Å². The maximum atomic E-state index is 11.6. The van der Waals surface area contributed by atoms with Gasteiger partial charge in [-0.25, -0.2) is 4.98 Å². The first-order valence-corrected chi connectivity index (χ1v) is 7.59. The number of benzene rings is 1. The fourth-order valence-electron chi connectivity index (χ4n) is 2.28. The number of aliphatic hydroxyl groups excluding tert-OH is 1. The molecule has 3 aromatic rings. The molecule has 5 nitrogen and oxygen atoms in total. The van der Waals surface area contributed by atoms with Gasteiger partial charge in [-0.2, -0.15) is 0 Å². The SMILES string of the molecule is Cc1cc(=O)c(O)c(C(O)c2ccc(C#Cc3ccccn3)cc2)o1. The van der Waals surface area contributed by atoms with E-state index in [1.165, 1.54) is 6.07 Å². The summed E-state index contributed by atoms with van der Waals surface area (Å²) in [4.78, 5) is 15.7. The predicted octanol–water partition coefficient (Wildman–Crippen LogP) is 2.53. The highest BCUT2D eigenvalue weighted by Crippen LogP contribution is 2.27. The average molecular weight is 333 g/mol. The van der Waals surface area contributed by atoms with Crippen LogP contribution in [0.25, 0.3) is 0 Å². The van der Waals surface area contributed by atoms with Gasteiger partial charge in [0.05, 0.1) is 0 Å². The minimum Gasteiger partial charge on any atom is -0.502 e. The molecule has 0 spiro atoms. The van der Waals surface area contributed by atoms with Gasteiger partial charge in [0.2, 0.25) is 11.2 Å². The molecule has 1 unspecified atom stereocenters. The van der Waals surface area contributed by atoms with Crippen molar-refractivity contribution in [3.8, 4) is 17.6 Å². The van der Waals surface area contributed by atoms with E-state index in [4.69, 9.17) is 4.42 Å². The summed E-state index contributed by atoms with van der Waals surface area (Å²) in [5.74, 6) is 5.48. The number of rotatable bonds is 2. The zero-order valence-electron chi connectivity index (χ0n) is 13.4. The normalized spacial score (nSPS) is 11.4. The molecule has 0 radical (unpaired) electrons. The molecule has 2 heterocycles. The topological polar surface area (TPSA) is 83.6 Å². The van der Waals surface area contributed by atoms with Crippen LogP contribution in [-0.4, -0.2) is 15.2 Å². The largest absolute Gasteiger partial charge is 0.502 e. The molecule has 1 aromatic carbocycles. The standard InChI is InChI=1S/C20H15NO4/c1-13-12-17(22)19(24)20(25-13)18(23)15-8-5-14(6-9-15)7-10-16-4-2-3-11-21-16/h2-6,8-9,11-12,18,23-24H,1H3. The quantitative estimate of drug-likeness (QED) is 0.704. The maximum Gasteiger partial charge on any atom is 0.227 e. The molecule has 0 bridgehead atoms. The Morgan fingerprint density at radius 1 is 1.12 bits per heavy atom. The third-order valence-electron chi connectivity index (χ3n) is 3.55. The van der Waals surface area contributed by atoms with Crippen molar-refractivity contribution in [1.82, 2.24) is 4.98 Å². The van der Waals surface area contributed by atoms with E-state index in [9.17, 15) is 15.0 Å². The van der Waals surface area contributed by atoms with E-state index in [0.717, 1.165) is 5.56 Å². The minimum absolute atomic E-state index is 0.169. The molecule has 0 aliphatic rings. The van der Waals surface area contributed by atoms with Crippen molar-refractivity contribution >= 4 is 0 Å². The van der Waals surface area contributed by atoms with Crippen LogP contribution in [0.15, 0.2) is 63.9 Å². The lowest BCUT2D eigenvalue weighted by Crippen LogP contribution is -2.08.